The van der Waals surface area contributed by atoms with Gasteiger partial charge in [0.2, 0.25) is 0 Å². The van der Waals surface area contributed by atoms with Crippen LogP contribution in [0.15, 0.2) is 79.3 Å². The molecule has 5 heterocycles. The Morgan fingerprint density at radius 1 is 0.980 bits per heavy atom. The van der Waals surface area contributed by atoms with Gasteiger partial charge in [-0.05, 0) is 98.1 Å². The molecule has 4 fully saturated rings. The zero-order chi connectivity index (χ0) is 35.3. The van der Waals surface area contributed by atoms with E-state index in [9.17, 15) is 9.59 Å². The first-order valence-electron chi connectivity index (χ1n) is 17.4. The summed E-state index contributed by atoms with van der Waals surface area (Å²) in [5, 5.41) is 0.854. The van der Waals surface area contributed by atoms with E-state index in [1.807, 2.05) is 24.3 Å². The third-order valence-corrected chi connectivity index (χ3v) is 10.6. The number of carbonyl (C=O) groups is 2. The molecule has 2 aromatic heterocycles. The molecule has 1 N–H and O–H groups in total. The van der Waals surface area contributed by atoms with Crippen molar-refractivity contribution in [3.05, 3.63) is 112 Å². The highest BCUT2D eigenvalue weighted by Gasteiger charge is 2.37. The van der Waals surface area contributed by atoms with Crippen LogP contribution >= 0.6 is 23.2 Å². The van der Waals surface area contributed by atoms with Crippen molar-refractivity contribution in [1.29, 1.82) is 0 Å². The molecule has 0 spiro atoms. The minimum atomic E-state index is -0.746. The van der Waals surface area contributed by atoms with E-state index in [-0.39, 0.29) is 19.1 Å². The molecular weight excluding hydrogens is 691 g/mol. The van der Waals surface area contributed by atoms with Crippen molar-refractivity contribution in [2.24, 2.45) is 11.8 Å². The predicted octanol–water partition coefficient (Wildman–Crippen LogP) is 7.38. The fraction of sp³-hybridized carbons (Fsp3) is 0.385. The van der Waals surface area contributed by atoms with Crippen LogP contribution in [-0.4, -0.2) is 61.4 Å². The topological polar surface area (TPSA) is 105 Å². The van der Waals surface area contributed by atoms with E-state index >= 15 is 0 Å². The highest BCUT2D eigenvalue weighted by atomic mass is 35.5. The zero-order valence-corrected chi connectivity index (χ0v) is 29.9. The molecule has 12 heteroatoms. The number of nitrogens with zero attached hydrogens (tertiary/aromatic N) is 3. The molecule has 1 aliphatic carbocycles. The first-order chi connectivity index (χ1) is 24.8. The van der Waals surface area contributed by atoms with Gasteiger partial charge in [0.25, 0.3) is 0 Å². The number of aromatic amines is 1. The van der Waals surface area contributed by atoms with Crippen molar-refractivity contribution in [2.45, 2.75) is 50.9 Å². The Balaban J connectivity index is 1.09. The molecule has 4 aromatic rings. The number of aromatic nitrogens is 2. The quantitative estimate of drug-likeness (QED) is 0.131. The number of hydrogen-bond acceptors (Lipinski definition) is 8. The lowest BCUT2D eigenvalue weighted by atomic mass is 9.86. The van der Waals surface area contributed by atoms with Crippen LogP contribution in [0.2, 0.25) is 10.0 Å². The van der Waals surface area contributed by atoms with Gasteiger partial charge >= 0.3 is 12.1 Å². The van der Waals surface area contributed by atoms with Gasteiger partial charge in [0.15, 0.2) is 23.9 Å². The number of methoxy groups -OCH3 is 1. The van der Waals surface area contributed by atoms with Crippen molar-refractivity contribution in [2.75, 3.05) is 38.3 Å². The van der Waals surface area contributed by atoms with Gasteiger partial charge in [0.1, 0.15) is 28.1 Å². The van der Waals surface area contributed by atoms with Crippen molar-refractivity contribution in [3.8, 4) is 11.5 Å². The fourth-order valence-corrected chi connectivity index (χ4v) is 7.23. The summed E-state index contributed by atoms with van der Waals surface area (Å²) in [6.07, 6.45) is 8.21. The van der Waals surface area contributed by atoms with Gasteiger partial charge in [-0.1, -0.05) is 47.5 Å². The van der Waals surface area contributed by atoms with E-state index in [0.29, 0.717) is 62.5 Å². The van der Waals surface area contributed by atoms with Crippen molar-refractivity contribution in [1.82, 2.24) is 9.88 Å². The lowest BCUT2D eigenvalue weighted by Crippen LogP contribution is -2.53. The maximum atomic E-state index is 13.7. The molecule has 1 saturated carbocycles. The second-order valence-electron chi connectivity index (χ2n) is 13.4. The third-order valence-electron chi connectivity index (χ3n) is 9.89. The largest absolute Gasteiger partial charge is 0.493 e. The van der Waals surface area contributed by atoms with Gasteiger partial charge in [-0.15, -0.1) is 0 Å². The summed E-state index contributed by atoms with van der Waals surface area (Å²) >= 11 is 13.1. The number of anilines is 1. The summed E-state index contributed by atoms with van der Waals surface area (Å²) in [6.45, 7) is 3.68. The molecule has 8 rings (SSSR count). The fourth-order valence-electron chi connectivity index (χ4n) is 6.70. The van der Waals surface area contributed by atoms with Crippen molar-refractivity contribution < 1.29 is 33.5 Å². The number of halogens is 2. The number of ether oxygens (including phenoxy) is 4. The van der Waals surface area contributed by atoms with Crippen LogP contribution in [0.5, 0.6) is 11.5 Å². The number of carbonyl (C=O) groups excluding carboxylic acids is 2. The number of benzene rings is 2. The molecule has 51 heavy (non-hydrogen) atoms. The number of rotatable bonds is 13. The van der Waals surface area contributed by atoms with Crippen LogP contribution in [-0.2, 0) is 22.4 Å². The first kappa shape index (κ1) is 35.0. The summed E-state index contributed by atoms with van der Waals surface area (Å²) in [5.41, 5.74) is 2.49. The molecule has 4 aliphatic rings. The third kappa shape index (κ3) is 8.57. The van der Waals surface area contributed by atoms with Gasteiger partial charge in [-0.2, -0.15) is 0 Å². The van der Waals surface area contributed by atoms with E-state index in [2.05, 4.69) is 14.9 Å². The van der Waals surface area contributed by atoms with Crippen LogP contribution < -0.4 is 19.4 Å². The molecule has 2 aromatic carbocycles. The summed E-state index contributed by atoms with van der Waals surface area (Å²) < 4.78 is 23.9. The number of pyridine rings is 2. The van der Waals surface area contributed by atoms with Gasteiger partial charge in [0.05, 0.1) is 25.8 Å². The van der Waals surface area contributed by atoms with Crippen LogP contribution in [0.25, 0.3) is 0 Å². The van der Waals surface area contributed by atoms with Gasteiger partial charge in [-0.25, -0.2) is 19.6 Å². The van der Waals surface area contributed by atoms with E-state index < -0.39 is 18.2 Å². The second kappa shape index (κ2) is 15.9. The number of H-pyrrole nitrogens is 1. The Morgan fingerprint density at radius 2 is 1.75 bits per heavy atom. The first-order valence-corrected chi connectivity index (χ1v) is 18.2. The van der Waals surface area contributed by atoms with E-state index in [1.165, 1.54) is 4.90 Å². The van der Waals surface area contributed by atoms with Crippen LogP contribution in [0.1, 0.15) is 58.8 Å². The number of fused-ring (bicyclic) bond motifs is 3. The molecule has 3 saturated heterocycles. The molecule has 0 radical (unpaired) electrons. The Morgan fingerprint density at radius 3 is 2.39 bits per heavy atom. The van der Waals surface area contributed by atoms with Gasteiger partial charge in [0, 0.05) is 24.7 Å². The number of hydrogen-bond donors (Lipinski definition) is 0. The van der Waals surface area contributed by atoms with Crippen molar-refractivity contribution >= 4 is 41.1 Å². The molecule has 1 amide bonds. The smallest absolute Gasteiger partial charge is 0.416 e. The standard InChI is InChI=1S/C39H40Cl2N4O6/c1-48-33-12-11-29(18-35(33)49-24-26-5-6-26)34(19-30-31(40)20-42-21-32(30)41)50-38(46)28-9-7-25(8-10-28)22-45(37-4-2-3-15-43-37)39(47)51-36-23-44-16-13-27(36)14-17-44/h2-4,7-12,15,18,20-21,26-27,34,36H,5-6,13-14,16-17,19,22-24H2,1H3/p+1/t34-,36-/m0/s1. The highest BCUT2D eigenvalue weighted by molar-refractivity contribution is 6.35. The minimum Gasteiger partial charge on any atom is -0.493 e. The number of nitrogens with one attached hydrogen (secondary N) is 1. The Labute approximate surface area is 307 Å². The highest BCUT2D eigenvalue weighted by Crippen LogP contribution is 2.37. The van der Waals surface area contributed by atoms with E-state index in [0.717, 1.165) is 50.9 Å². The molecule has 0 unspecified atom stereocenters. The van der Waals surface area contributed by atoms with Gasteiger partial charge < -0.3 is 18.9 Å². The molecule has 2 bridgehead atoms. The van der Waals surface area contributed by atoms with Crippen molar-refractivity contribution in [3.63, 3.8) is 0 Å². The zero-order valence-electron chi connectivity index (χ0n) is 28.4. The average molecular weight is 733 g/mol. The maximum absolute atomic E-state index is 13.7. The number of esters is 1. The van der Waals surface area contributed by atoms with E-state index in [4.69, 9.17) is 42.1 Å². The summed E-state index contributed by atoms with van der Waals surface area (Å²) in [7, 11) is 1.59. The number of amides is 1. The monoisotopic (exact) mass is 731 g/mol. The molecule has 2 atom stereocenters. The summed E-state index contributed by atoms with van der Waals surface area (Å²) in [4.78, 5) is 38.6. The van der Waals surface area contributed by atoms with Crippen LogP contribution in [0, 0.1) is 11.8 Å². The number of piperidine rings is 3. The van der Waals surface area contributed by atoms with Crippen LogP contribution in [0.3, 0.4) is 0 Å². The minimum absolute atomic E-state index is 0.137. The molecular formula is C39H41Cl2N4O6+. The average Bonchev–Trinajstić information content (AvgIpc) is 4.00. The normalized spacial score (nSPS) is 19.9. The molecule has 3 aliphatic heterocycles. The Kier molecular flexibility index (Phi) is 10.9. The predicted molar refractivity (Wildman–Crippen MR) is 192 cm³/mol. The maximum Gasteiger partial charge on any atom is 0.416 e. The lowest BCUT2D eigenvalue weighted by Gasteiger charge is -2.44. The summed E-state index contributed by atoms with van der Waals surface area (Å²) in [6, 6.07) is 17.9. The Bertz CT molecular complexity index is 1810. The lowest BCUT2D eigenvalue weighted by molar-refractivity contribution is -0.377. The van der Waals surface area contributed by atoms with E-state index in [1.54, 1.807) is 62.1 Å². The SMILES string of the molecule is COc1ccc([C@H](Cc2c(Cl)c[nH+]cc2Cl)OC(=O)c2ccc(CN(C(=O)O[C@H]3CN4CCC3CC4)c3ccccn3)cc2)cc1OCC1CC1. The molecule has 10 nitrogen and oxygen atoms in total. The van der Waals surface area contributed by atoms with Crippen LogP contribution in [0.4, 0.5) is 10.6 Å². The van der Waals surface area contributed by atoms with Gasteiger partial charge in [-0.3, -0.25) is 9.80 Å². The molecule has 266 valence electrons. The Hall–Kier alpha value is -4.38. The summed E-state index contributed by atoms with van der Waals surface area (Å²) in [5.74, 6) is 2.06. The second-order valence-corrected chi connectivity index (χ2v) is 14.2.